The summed E-state index contributed by atoms with van der Waals surface area (Å²) in [7, 11) is 7.91. The number of aromatic nitrogens is 2. The van der Waals surface area contributed by atoms with Crippen LogP contribution in [0.25, 0.3) is 0 Å². The van der Waals surface area contributed by atoms with Gasteiger partial charge in [0.2, 0.25) is 0 Å². The molecule has 0 spiro atoms. The predicted molar refractivity (Wildman–Crippen MR) is 77.2 cm³/mol. The summed E-state index contributed by atoms with van der Waals surface area (Å²) in [6, 6.07) is 0.897. The molecule has 0 aliphatic heterocycles. The number of likely N-dealkylation sites (N-methyl/N-ethyl adjacent to an activating group) is 1. The molecule has 0 radical (unpaired) electrons. The molecule has 0 aromatic carbocycles. The third-order valence-corrected chi connectivity index (χ3v) is 3.34. The Hall–Kier alpha value is -1.56. The Morgan fingerprint density at radius 2 is 2.32 bits per heavy atom. The molecule has 19 heavy (non-hydrogen) atoms. The fourth-order valence-electron chi connectivity index (χ4n) is 2.02. The van der Waals surface area contributed by atoms with Crippen molar-refractivity contribution < 1.29 is 0 Å². The van der Waals surface area contributed by atoms with Gasteiger partial charge in [0.1, 0.15) is 0 Å². The fraction of sp³-hybridized carbons (Fsp3) is 0.692. The number of nitrogens with one attached hydrogen (secondary N) is 2. The summed E-state index contributed by atoms with van der Waals surface area (Å²) in [5.74, 6) is 0.887. The van der Waals surface area contributed by atoms with Gasteiger partial charge in [0.25, 0.3) is 0 Å². The Morgan fingerprint density at radius 3 is 2.79 bits per heavy atom. The van der Waals surface area contributed by atoms with E-state index in [0.717, 1.165) is 12.5 Å². The highest BCUT2D eigenvalue weighted by Gasteiger charge is 2.23. The zero-order valence-corrected chi connectivity index (χ0v) is 12.2. The highest BCUT2D eigenvalue weighted by Crippen LogP contribution is 2.19. The van der Waals surface area contributed by atoms with E-state index in [4.69, 9.17) is 0 Å². The van der Waals surface area contributed by atoms with E-state index in [0.29, 0.717) is 6.04 Å². The zero-order chi connectivity index (χ0) is 13.8. The van der Waals surface area contributed by atoms with E-state index in [2.05, 4.69) is 45.9 Å². The average molecular weight is 264 g/mol. The lowest BCUT2D eigenvalue weighted by Gasteiger charge is -2.24. The van der Waals surface area contributed by atoms with Crippen LogP contribution in [-0.2, 0) is 7.05 Å². The largest absolute Gasteiger partial charge is 0.354 e. The standard InChI is InChI=1S/C13H24N6/c1-14-13(17-11-5-6-11)15-8-12(18(2)3)10-7-16-19(4)9-10/h7,9,11-12H,5-6,8H2,1-4H3,(H2,14,15,17). The number of aliphatic imine (C=N–C) groups is 1. The zero-order valence-electron chi connectivity index (χ0n) is 12.2. The van der Waals surface area contributed by atoms with Gasteiger partial charge in [-0.25, -0.2) is 0 Å². The Morgan fingerprint density at radius 1 is 1.58 bits per heavy atom. The first-order valence-corrected chi connectivity index (χ1v) is 6.72. The molecule has 6 heteroatoms. The molecule has 1 aromatic heterocycles. The molecule has 0 bridgehead atoms. The summed E-state index contributed by atoms with van der Waals surface area (Å²) in [5, 5.41) is 11.0. The third-order valence-electron chi connectivity index (χ3n) is 3.34. The van der Waals surface area contributed by atoms with E-state index in [1.807, 2.05) is 25.0 Å². The minimum Gasteiger partial charge on any atom is -0.354 e. The van der Waals surface area contributed by atoms with Crippen LogP contribution in [0.15, 0.2) is 17.4 Å². The first-order valence-electron chi connectivity index (χ1n) is 6.72. The predicted octanol–water partition coefficient (Wildman–Crippen LogP) is 0.350. The van der Waals surface area contributed by atoms with Crippen molar-refractivity contribution in [2.24, 2.45) is 12.0 Å². The van der Waals surface area contributed by atoms with Gasteiger partial charge >= 0.3 is 0 Å². The van der Waals surface area contributed by atoms with Crippen LogP contribution in [0.2, 0.25) is 0 Å². The van der Waals surface area contributed by atoms with Crippen LogP contribution in [0.3, 0.4) is 0 Å². The van der Waals surface area contributed by atoms with E-state index in [-0.39, 0.29) is 6.04 Å². The minimum atomic E-state index is 0.284. The van der Waals surface area contributed by atoms with E-state index in [9.17, 15) is 0 Å². The van der Waals surface area contributed by atoms with Gasteiger partial charge in [0.05, 0.1) is 12.2 Å². The number of hydrogen-bond acceptors (Lipinski definition) is 3. The van der Waals surface area contributed by atoms with Crippen molar-refractivity contribution in [1.82, 2.24) is 25.3 Å². The van der Waals surface area contributed by atoms with Crippen molar-refractivity contribution in [1.29, 1.82) is 0 Å². The van der Waals surface area contributed by atoms with Crippen molar-refractivity contribution in [2.45, 2.75) is 24.9 Å². The molecule has 1 unspecified atom stereocenters. The van der Waals surface area contributed by atoms with E-state index >= 15 is 0 Å². The highest BCUT2D eigenvalue weighted by molar-refractivity contribution is 5.80. The number of hydrogen-bond donors (Lipinski definition) is 2. The number of guanidine groups is 1. The van der Waals surface area contributed by atoms with Crippen molar-refractivity contribution in [3.63, 3.8) is 0 Å². The second kappa shape index (κ2) is 6.06. The van der Waals surface area contributed by atoms with E-state index < -0.39 is 0 Å². The molecule has 1 aliphatic carbocycles. The maximum absolute atomic E-state index is 4.25. The van der Waals surface area contributed by atoms with Gasteiger partial charge in [-0.15, -0.1) is 0 Å². The molecule has 1 atom stereocenters. The summed E-state index contributed by atoms with van der Waals surface area (Å²) in [5.41, 5.74) is 1.21. The van der Waals surface area contributed by atoms with Crippen molar-refractivity contribution in [2.75, 3.05) is 27.7 Å². The van der Waals surface area contributed by atoms with Crippen LogP contribution in [0.1, 0.15) is 24.4 Å². The molecule has 1 fully saturated rings. The summed E-state index contributed by atoms with van der Waals surface area (Å²) in [6.07, 6.45) is 6.48. The van der Waals surface area contributed by atoms with Gasteiger partial charge in [-0.05, 0) is 26.9 Å². The lowest BCUT2D eigenvalue weighted by molar-refractivity contribution is 0.298. The maximum atomic E-state index is 4.25. The quantitative estimate of drug-likeness (QED) is 0.595. The average Bonchev–Trinajstić information content (AvgIpc) is 3.09. The second-order valence-electron chi connectivity index (χ2n) is 5.30. The summed E-state index contributed by atoms with van der Waals surface area (Å²) in [6.45, 7) is 0.811. The Bertz CT molecular complexity index is 432. The van der Waals surface area contributed by atoms with Crippen LogP contribution < -0.4 is 10.6 Å². The Balaban J connectivity index is 1.92. The fourth-order valence-corrected chi connectivity index (χ4v) is 2.02. The number of nitrogens with zero attached hydrogens (tertiary/aromatic N) is 4. The van der Waals surface area contributed by atoms with Crippen molar-refractivity contribution in [3.8, 4) is 0 Å². The van der Waals surface area contributed by atoms with Gasteiger partial charge in [-0.2, -0.15) is 5.10 Å². The van der Waals surface area contributed by atoms with Crippen LogP contribution in [0.4, 0.5) is 0 Å². The molecule has 6 nitrogen and oxygen atoms in total. The smallest absolute Gasteiger partial charge is 0.191 e. The molecule has 2 N–H and O–H groups in total. The number of aryl methyl sites for hydroxylation is 1. The highest BCUT2D eigenvalue weighted by atomic mass is 15.3. The summed E-state index contributed by atoms with van der Waals surface area (Å²) >= 11 is 0. The molecule has 0 amide bonds. The number of rotatable bonds is 5. The topological polar surface area (TPSA) is 57.5 Å². The van der Waals surface area contributed by atoms with Gasteiger partial charge in [-0.3, -0.25) is 9.67 Å². The molecule has 1 heterocycles. The monoisotopic (exact) mass is 264 g/mol. The molecule has 106 valence electrons. The molecular formula is C13H24N6. The van der Waals surface area contributed by atoms with Crippen molar-refractivity contribution in [3.05, 3.63) is 18.0 Å². The molecule has 1 aliphatic rings. The SMILES string of the molecule is CN=C(NCC(c1cnn(C)c1)N(C)C)NC1CC1. The van der Waals surface area contributed by atoms with Crippen LogP contribution >= 0.6 is 0 Å². The summed E-state index contributed by atoms with van der Waals surface area (Å²) < 4.78 is 1.84. The van der Waals surface area contributed by atoms with Crippen LogP contribution in [0, 0.1) is 0 Å². The van der Waals surface area contributed by atoms with Gasteiger partial charge in [0.15, 0.2) is 5.96 Å². The molecular weight excluding hydrogens is 240 g/mol. The first-order chi connectivity index (χ1) is 9.10. The van der Waals surface area contributed by atoms with E-state index in [1.165, 1.54) is 18.4 Å². The van der Waals surface area contributed by atoms with Crippen LogP contribution in [0.5, 0.6) is 0 Å². The normalized spacial score (nSPS) is 17.6. The molecule has 1 aromatic rings. The van der Waals surface area contributed by atoms with Gasteiger partial charge < -0.3 is 15.5 Å². The lowest BCUT2D eigenvalue weighted by atomic mass is 10.1. The van der Waals surface area contributed by atoms with Gasteiger partial charge in [0, 0.05) is 38.4 Å². The lowest BCUT2D eigenvalue weighted by Crippen LogP contribution is -2.42. The molecule has 0 saturated heterocycles. The van der Waals surface area contributed by atoms with Gasteiger partial charge in [-0.1, -0.05) is 0 Å². The minimum absolute atomic E-state index is 0.284. The summed E-state index contributed by atoms with van der Waals surface area (Å²) in [4.78, 5) is 6.44. The maximum Gasteiger partial charge on any atom is 0.191 e. The molecule has 1 saturated carbocycles. The third kappa shape index (κ3) is 3.96. The second-order valence-corrected chi connectivity index (χ2v) is 5.30. The Labute approximate surface area is 114 Å². The Kier molecular flexibility index (Phi) is 4.42. The first kappa shape index (κ1) is 13.9. The van der Waals surface area contributed by atoms with Crippen molar-refractivity contribution >= 4 is 5.96 Å². The molecule has 2 rings (SSSR count). The van der Waals surface area contributed by atoms with Crippen LogP contribution in [-0.4, -0.2) is 54.4 Å². The van der Waals surface area contributed by atoms with E-state index in [1.54, 1.807) is 0 Å².